The van der Waals surface area contributed by atoms with E-state index >= 15 is 0 Å². The van der Waals surface area contributed by atoms with Crippen molar-refractivity contribution < 1.29 is 0 Å². The minimum absolute atomic E-state index is 0.698. The average molecular weight is 198 g/mol. The number of hydrogen-bond acceptors (Lipinski definition) is 2. The molecule has 0 aromatic heterocycles. The first-order valence-corrected chi connectivity index (χ1v) is 6.16. The van der Waals surface area contributed by atoms with Gasteiger partial charge in [0.15, 0.2) is 0 Å². The summed E-state index contributed by atoms with van der Waals surface area (Å²) in [6.45, 7) is 12.9. The van der Waals surface area contributed by atoms with Gasteiger partial charge in [-0.15, -0.1) is 0 Å². The van der Waals surface area contributed by atoms with Gasteiger partial charge < -0.3 is 5.32 Å². The van der Waals surface area contributed by atoms with E-state index in [4.69, 9.17) is 0 Å². The summed E-state index contributed by atoms with van der Waals surface area (Å²) in [7, 11) is 0. The van der Waals surface area contributed by atoms with Crippen molar-refractivity contribution in [3.63, 3.8) is 0 Å². The van der Waals surface area contributed by atoms with Gasteiger partial charge in [-0.2, -0.15) is 0 Å². The molecule has 0 saturated carbocycles. The van der Waals surface area contributed by atoms with Gasteiger partial charge >= 0.3 is 0 Å². The van der Waals surface area contributed by atoms with Crippen molar-refractivity contribution >= 4 is 0 Å². The van der Waals surface area contributed by atoms with Crippen molar-refractivity contribution in [1.82, 2.24) is 10.2 Å². The summed E-state index contributed by atoms with van der Waals surface area (Å²) in [6.07, 6.45) is 2.55. The lowest BCUT2D eigenvalue weighted by atomic mass is 9.98. The van der Waals surface area contributed by atoms with E-state index in [0.29, 0.717) is 6.04 Å². The van der Waals surface area contributed by atoms with E-state index in [9.17, 15) is 0 Å². The molecule has 1 aliphatic heterocycles. The molecule has 0 aliphatic carbocycles. The van der Waals surface area contributed by atoms with Gasteiger partial charge in [-0.3, -0.25) is 4.90 Å². The van der Waals surface area contributed by atoms with Gasteiger partial charge in [-0.25, -0.2) is 0 Å². The Morgan fingerprint density at radius 2 is 2.07 bits per heavy atom. The predicted octanol–water partition coefficient (Wildman–Crippen LogP) is 2.10. The van der Waals surface area contributed by atoms with Crippen LogP contribution >= 0.6 is 0 Å². The lowest BCUT2D eigenvalue weighted by Crippen LogP contribution is -2.57. The highest BCUT2D eigenvalue weighted by atomic mass is 15.2. The molecule has 1 saturated heterocycles. The molecule has 1 rings (SSSR count). The Kier molecular flexibility index (Phi) is 4.90. The fourth-order valence-electron chi connectivity index (χ4n) is 2.29. The van der Waals surface area contributed by atoms with Crippen molar-refractivity contribution in [3.8, 4) is 0 Å². The summed E-state index contributed by atoms with van der Waals surface area (Å²) >= 11 is 0. The topological polar surface area (TPSA) is 15.3 Å². The van der Waals surface area contributed by atoms with Gasteiger partial charge in [0, 0.05) is 25.2 Å². The predicted molar refractivity (Wildman–Crippen MR) is 62.6 cm³/mol. The molecule has 14 heavy (non-hydrogen) atoms. The van der Waals surface area contributed by atoms with E-state index in [1.165, 1.54) is 32.5 Å². The lowest BCUT2D eigenvalue weighted by Gasteiger charge is -2.41. The maximum Gasteiger partial charge on any atom is 0.0218 e. The van der Waals surface area contributed by atoms with Gasteiger partial charge in [0.2, 0.25) is 0 Å². The molecular weight excluding hydrogens is 172 g/mol. The van der Waals surface area contributed by atoms with Crippen LogP contribution in [0.4, 0.5) is 0 Å². The molecule has 2 nitrogen and oxygen atoms in total. The van der Waals surface area contributed by atoms with Crippen molar-refractivity contribution in [2.75, 3.05) is 19.6 Å². The number of nitrogens with zero attached hydrogens (tertiary/aromatic N) is 1. The summed E-state index contributed by atoms with van der Waals surface area (Å²) in [5.41, 5.74) is 0. The van der Waals surface area contributed by atoms with E-state index in [-0.39, 0.29) is 0 Å². The first kappa shape index (κ1) is 12.0. The fourth-order valence-corrected chi connectivity index (χ4v) is 2.29. The Labute approximate surface area is 89.1 Å². The minimum atomic E-state index is 0.698. The molecule has 0 bridgehead atoms. The van der Waals surface area contributed by atoms with Crippen LogP contribution in [-0.2, 0) is 0 Å². The SMILES string of the molecule is CCCN1CC(C(C)C)NCC1CC. The van der Waals surface area contributed by atoms with E-state index in [1.54, 1.807) is 0 Å². The van der Waals surface area contributed by atoms with Crippen LogP contribution in [0.25, 0.3) is 0 Å². The van der Waals surface area contributed by atoms with Crippen molar-refractivity contribution in [1.29, 1.82) is 0 Å². The van der Waals surface area contributed by atoms with Crippen LogP contribution in [0.15, 0.2) is 0 Å². The summed E-state index contributed by atoms with van der Waals surface area (Å²) in [6, 6.07) is 1.47. The van der Waals surface area contributed by atoms with Crippen LogP contribution in [-0.4, -0.2) is 36.6 Å². The Morgan fingerprint density at radius 1 is 1.36 bits per heavy atom. The molecule has 0 aromatic carbocycles. The van der Waals surface area contributed by atoms with Crippen LogP contribution in [0.5, 0.6) is 0 Å². The largest absolute Gasteiger partial charge is 0.311 e. The average Bonchev–Trinajstić information content (AvgIpc) is 2.18. The summed E-state index contributed by atoms with van der Waals surface area (Å²) in [5, 5.41) is 3.67. The van der Waals surface area contributed by atoms with Crippen molar-refractivity contribution in [2.24, 2.45) is 5.92 Å². The fraction of sp³-hybridized carbons (Fsp3) is 1.00. The third-order valence-electron chi connectivity index (χ3n) is 3.35. The number of nitrogens with one attached hydrogen (secondary N) is 1. The number of piperazine rings is 1. The smallest absolute Gasteiger partial charge is 0.0218 e. The Balaban J connectivity index is 2.48. The molecule has 84 valence electrons. The van der Waals surface area contributed by atoms with Crippen LogP contribution in [0.2, 0.25) is 0 Å². The monoisotopic (exact) mass is 198 g/mol. The second kappa shape index (κ2) is 5.72. The third-order valence-corrected chi connectivity index (χ3v) is 3.35. The highest BCUT2D eigenvalue weighted by Gasteiger charge is 2.27. The van der Waals surface area contributed by atoms with E-state index in [2.05, 4.69) is 37.9 Å². The van der Waals surface area contributed by atoms with E-state index < -0.39 is 0 Å². The van der Waals surface area contributed by atoms with E-state index in [0.717, 1.165) is 12.0 Å². The molecule has 2 atom stereocenters. The van der Waals surface area contributed by atoms with Crippen molar-refractivity contribution in [3.05, 3.63) is 0 Å². The third kappa shape index (κ3) is 2.96. The van der Waals surface area contributed by atoms with Crippen LogP contribution in [0.3, 0.4) is 0 Å². The molecular formula is C12H26N2. The first-order valence-electron chi connectivity index (χ1n) is 6.16. The molecule has 0 spiro atoms. The molecule has 0 amide bonds. The van der Waals surface area contributed by atoms with Gasteiger partial charge in [0.05, 0.1) is 0 Å². The number of rotatable bonds is 4. The molecule has 2 heteroatoms. The number of hydrogen-bond donors (Lipinski definition) is 1. The lowest BCUT2D eigenvalue weighted by molar-refractivity contribution is 0.110. The van der Waals surface area contributed by atoms with Gasteiger partial charge in [-0.1, -0.05) is 27.7 Å². The van der Waals surface area contributed by atoms with Crippen molar-refractivity contribution in [2.45, 2.75) is 52.6 Å². The molecule has 1 fully saturated rings. The summed E-state index contributed by atoms with van der Waals surface area (Å²) in [4.78, 5) is 2.67. The molecule has 0 aromatic rings. The standard InChI is InChI=1S/C12H26N2/c1-5-7-14-9-12(10(3)4)13-8-11(14)6-2/h10-13H,5-9H2,1-4H3. The highest BCUT2D eigenvalue weighted by Crippen LogP contribution is 2.14. The molecule has 1 aliphatic rings. The second-order valence-corrected chi connectivity index (χ2v) is 4.82. The molecule has 1 heterocycles. The molecule has 0 radical (unpaired) electrons. The first-order chi connectivity index (χ1) is 6.69. The van der Waals surface area contributed by atoms with Crippen LogP contribution in [0, 0.1) is 5.92 Å². The maximum atomic E-state index is 3.67. The zero-order chi connectivity index (χ0) is 10.6. The maximum absolute atomic E-state index is 3.67. The van der Waals surface area contributed by atoms with Crippen LogP contribution in [0.1, 0.15) is 40.5 Å². The highest BCUT2D eigenvalue weighted by molar-refractivity contribution is 4.86. The second-order valence-electron chi connectivity index (χ2n) is 4.82. The summed E-state index contributed by atoms with van der Waals surface area (Å²) in [5.74, 6) is 0.757. The zero-order valence-electron chi connectivity index (χ0n) is 10.2. The van der Waals surface area contributed by atoms with E-state index in [1.807, 2.05) is 0 Å². The molecule has 2 unspecified atom stereocenters. The summed E-state index contributed by atoms with van der Waals surface area (Å²) < 4.78 is 0. The Hall–Kier alpha value is -0.0800. The van der Waals surface area contributed by atoms with Gasteiger partial charge in [0.1, 0.15) is 0 Å². The normalized spacial score (nSPS) is 29.8. The van der Waals surface area contributed by atoms with Gasteiger partial charge in [-0.05, 0) is 25.3 Å². The molecule has 1 N–H and O–H groups in total. The van der Waals surface area contributed by atoms with Gasteiger partial charge in [0.25, 0.3) is 0 Å². The van der Waals surface area contributed by atoms with Crippen LogP contribution < -0.4 is 5.32 Å². The Bertz CT molecular complexity index is 156. The minimum Gasteiger partial charge on any atom is -0.311 e. The zero-order valence-corrected chi connectivity index (χ0v) is 10.2. The quantitative estimate of drug-likeness (QED) is 0.744. The Morgan fingerprint density at radius 3 is 2.57 bits per heavy atom.